The van der Waals surface area contributed by atoms with Crippen molar-refractivity contribution in [3.63, 3.8) is 0 Å². The maximum absolute atomic E-state index is 12.6. The van der Waals surface area contributed by atoms with Gasteiger partial charge in [-0.3, -0.25) is 4.79 Å². The molecule has 0 N–H and O–H groups in total. The number of carbonyl (C=O) groups is 1. The van der Waals surface area contributed by atoms with Crippen LogP contribution in [0.25, 0.3) is 0 Å². The average molecular weight is 385 g/mol. The van der Waals surface area contributed by atoms with Gasteiger partial charge in [-0.2, -0.15) is 0 Å². The highest BCUT2D eigenvalue weighted by molar-refractivity contribution is 5.80. The van der Waals surface area contributed by atoms with E-state index in [0.29, 0.717) is 36.8 Å². The van der Waals surface area contributed by atoms with E-state index >= 15 is 0 Å². The number of fused-ring (bicyclic) bond motifs is 3. The molecule has 0 bridgehead atoms. The molecule has 0 amide bonds. The highest BCUT2D eigenvalue weighted by atomic mass is 16.7. The third-order valence-corrected chi connectivity index (χ3v) is 9.52. The van der Waals surface area contributed by atoms with Gasteiger partial charge in [0.25, 0.3) is 0 Å². The largest absolute Gasteiger partial charge is 0.358 e. The van der Waals surface area contributed by atoms with Crippen LogP contribution in [0.4, 0.5) is 0 Å². The van der Waals surface area contributed by atoms with Crippen LogP contribution >= 0.6 is 0 Å². The summed E-state index contributed by atoms with van der Waals surface area (Å²) in [6, 6.07) is 0. The van der Waals surface area contributed by atoms with E-state index in [0.717, 1.165) is 38.5 Å². The van der Waals surface area contributed by atoms with Crippen molar-refractivity contribution in [3.8, 4) is 0 Å². The minimum atomic E-state index is -0.391. The summed E-state index contributed by atoms with van der Waals surface area (Å²) in [7, 11) is 0. The average Bonchev–Trinajstić information content (AvgIpc) is 2.95. The lowest BCUT2D eigenvalue weighted by molar-refractivity contribution is -0.185. The summed E-state index contributed by atoms with van der Waals surface area (Å²) in [6.07, 6.45) is 11.7. The molecule has 5 unspecified atom stereocenters. The molecule has 4 nitrogen and oxygen atoms in total. The molecule has 5 fully saturated rings. The molecule has 0 aromatic heterocycles. The molecule has 28 heavy (non-hydrogen) atoms. The summed E-state index contributed by atoms with van der Waals surface area (Å²) in [6.45, 7) is 9.65. The predicted octanol–water partition coefficient (Wildman–Crippen LogP) is 4.19. The van der Waals surface area contributed by atoms with Crippen molar-refractivity contribution in [2.75, 3.05) is 13.2 Å². The first-order valence-electron chi connectivity index (χ1n) is 11.2. The predicted molar refractivity (Wildman–Crippen MR) is 105 cm³/mol. The van der Waals surface area contributed by atoms with Crippen LogP contribution in [0.15, 0.2) is 24.3 Å². The molecule has 0 aromatic carbocycles. The number of carbonyl (C=O) groups excluding carboxylic acids is 1. The molecule has 2 saturated heterocycles. The highest BCUT2D eigenvalue weighted by Gasteiger charge is 2.79. The summed E-state index contributed by atoms with van der Waals surface area (Å²) in [4.78, 5) is 12.6. The van der Waals surface area contributed by atoms with Crippen LogP contribution in [-0.4, -0.2) is 36.0 Å². The monoisotopic (exact) mass is 384 g/mol. The maximum atomic E-state index is 12.6. The number of allylic oxidation sites excluding steroid dienone is 2. The van der Waals surface area contributed by atoms with Crippen molar-refractivity contribution in [1.82, 2.24) is 0 Å². The summed E-state index contributed by atoms with van der Waals surface area (Å²) in [5.41, 5.74) is 1.48. The Bertz CT molecular complexity index is 779. The van der Waals surface area contributed by atoms with Crippen LogP contribution < -0.4 is 0 Å². The fraction of sp³-hybridized carbons (Fsp3) is 0.792. The van der Waals surface area contributed by atoms with Crippen LogP contribution in [0, 0.1) is 29.1 Å². The van der Waals surface area contributed by atoms with Gasteiger partial charge in [-0.25, -0.2) is 0 Å². The van der Waals surface area contributed by atoms with Crippen molar-refractivity contribution < 1.29 is 19.0 Å². The fourth-order valence-corrected chi connectivity index (χ4v) is 8.43. The van der Waals surface area contributed by atoms with Crippen LogP contribution in [0.3, 0.4) is 0 Å². The number of Topliss-reactive ketones (excluding diaryl/α,β-unsaturated/α-hetero) is 1. The Morgan fingerprint density at radius 1 is 1.25 bits per heavy atom. The van der Waals surface area contributed by atoms with Gasteiger partial charge in [-0.15, -0.1) is 6.58 Å². The SMILES string of the molecule is C=C[C@@H]1CC2C3CCC45CC6(CCC4(O5)C3=CC[C@]2(C)C1C(C)=O)OCCO6. The second-order valence-corrected chi connectivity index (χ2v) is 10.6. The Kier molecular flexibility index (Phi) is 3.43. The molecule has 0 aromatic rings. The summed E-state index contributed by atoms with van der Waals surface area (Å²) >= 11 is 0. The van der Waals surface area contributed by atoms with Gasteiger partial charge in [0.1, 0.15) is 17.0 Å². The van der Waals surface area contributed by atoms with Crippen molar-refractivity contribution in [3.05, 3.63) is 24.3 Å². The Hall–Kier alpha value is -0.970. The summed E-state index contributed by atoms with van der Waals surface area (Å²) in [5, 5.41) is 0. The standard InChI is InChI=1S/C24H32O4/c1-4-16-13-19-17-5-8-22-14-23(26-11-12-27-23)9-10-24(22,28-22)18(17)6-7-21(19,3)20(16)15(2)25/h4,6,16-17,19-20H,1,5,7-14H2,2-3H3/t16-,17?,19?,20?,21+,22?,24?/m1/s1. The van der Waals surface area contributed by atoms with Gasteiger partial charge < -0.3 is 14.2 Å². The minimum Gasteiger partial charge on any atom is -0.358 e. The number of rotatable bonds is 2. The van der Waals surface area contributed by atoms with Crippen LogP contribution in [0.2, 0.25) is 0 Å². The quantitative estimate of drug-likeness (QED) is 0.529. The maximum Gasteiger partial charge on any atom is 0.171 e. The lowest BCUT2D eigenvalue weighted by Crippen LogP contribution is -2.52. The molecular weight excluding hydrogens is 352 g/mol. The van der Waals surface area contributed by atoms with Crippen molar-refractivity contribution in [1.29, 1.82) is 0 Å². The van der Waals surface area contributed by atoms with E-state index in [9.17, 15) is 4.79 Å². The summed E-state index contributed by atoms with van der Waals surface area (Å²) < 4.78 is 18.7. The first kappa shape index (κ1) is 17.9. The fourth-order valence-electron chi connectivity index (χ4n) is 8.43. The Morgan fingerprint density at radius 2 is 2.04 bits per heavy atom. The molecule has 6 aliphatic rings. The third-order valence-electron chi connectivity index (χ3n) is 9.52. The molecule has 4 heteroatoms. The highest BCUT2D eigenvalue weighted by Crippen LogP contribution is 2.74. The molecular formula is C24H32O4. The molecule has 6 rings (SSSR count). The zero-order valence-electron chi connectivity index (χ0n) is 17.2. The van der Waals surface area contributed by atoms with Crippen molar-refractivity contribution in [2.24, 2.45) is 29.1 Å². The number of epoxide rings is 1. The molecule has 0 radical (unpaired) electrons. The van der Waals surface area contributed by atoms with E-state index in [4.69, 9.17) is 14.2 Å². The Balaban J connectivity index is 1.35. The number of hydrogen-bond acceptors (Lipinski definition) is 4. The van der Waals surface area contributed by atoms with Gasteiger partial charge in [0.05, 0.1) is 13.2 Å². The summed E-state index contributed by atoms with van der Waals surface area (Å²) in [5.74, 6) is 1.51. The zero-order chi connectivity index (χ0) is 19.4. The van der Waals surface area contributed by atoms with Gasteiger partial charge in [-0.1, -0.05) is 19.1 Å². The van der Waals surface area contributed by atoms with Gasteiger partial charge >= 0.3 is 0 Å². The molecule has 4 aliphatic carbocycles. The van der Waals surface area contributed by atoms with E-state index in [1.807, 2.05) is 6.08 Å². The van der Waals surface area contributed by atoms with Crippen LogP contribution in [0.1, 0.15) is 58.8 Å². The number of hydrogen-bond donors (Lipinski definition) is 0. The van der Waals surface area contributed by atoms with E-state index in [2.05, 4.69) is 19.6 Å². The van der Waals surface area contributed by atoms with Gasteiger partial charge in [0.2, 0.25) is 0 Å². The van der Waals surface area contributed by atoms with Gasteiger partial charge in [-0.05, 0) is 67.8 Å². The number of ketones is 1. The van der Waals surface area contributed by atoms with Gasteiger partial charge in [0, 0.05) is 18.8 Å². The lowest BCUT2D eigenvalue weighted by atomic mass is 9.53. The number of ether oxygens (including phenoxy) is 3. The van der Waals surface area contributed by atoms with E-state index in [1.165, 1.54) is 6.42 Å². The van der Waals surface area contributed by atoms with Crippen molar-refractivity contribution in [2.45, 2.75) is 75.8 Å². The van der Waals surface area contributed by atoms with Crippen molar-refractivity contribution >= 4 is 5.78 Å². The molecule has 3 saturated carbocycles. The lowest BCUT2D eigenvalue weighted by Gasteiger charge is -2.50. The topological polar surface area (TPSA) is 48.1 Å². The minimum absolute atomic E-state index is 0.0674. The van der Waals surface area contributed by atoms with E-state index < -0.39 is 5.79 Å². The molecule has 2 heterocycles. The Labute approximate surface area is 167 Å². The first-order valence-corrected chi connectivity index (χ1v) is 11.2. The van der Waals surface area contributed by atoms with E-state index in [1.54, 1.807) is 12.5 Å². The molecule has 1 spiro atoms. The Morgan fingerprint density at radius 3 is 2.75 bits per heavy atom. The normalized spacial score (nSPS) is 52.9. The van der Waals surface area contributed by atoms with Crippen LogP contribution in [0.5, 0.6) is 0 Å². The van der Waals surface area contributed by atoms with Crippen LogP contribution in [-0.2, 0) is 19.0 Å². The molecule has 2 aliphatic heterocycles. The van der Waals surface area contributed by atoms with Gasteiger partial charge in [0.15, 0.2) is 5.79 Å². The zero-order valence-corrected chi connectivity index (χ0v) is 17.2. The smallest absolute Gasteiger partial charge is 0.171 e. The second kappa shape index (κ2) is 5.39. The van der Waals surface area contributed by atoms with E-state index in [-0.39, 0.29) is 22.5 Å². The second-order valence-electron chi connectivity index (χ2n) is 10.6. The third kappa shape index (κ3) is 1.95. The molecule has 7 atom stereocenters. The molecule has 152 valence electrons. The first-order chi connectivity index (χ1) is 13.4.